The highest BCUT2D eigenvalue weighted by Crippen LogP contribution is 2.07. The average molecular weight is 184 g/mol. The van der Waals surface area contributed by atoms with E-state index in [4.69, 9.17) is 0 Å². The molecule has 0 aromatic heterocycles. The van der Waals surface area contributed by atoms with Crippen LogP contribution in [0.2, 0.25) is 0 Å². The lowest BCUT2D eigenvalue weighted by molar-refractivity contribution is -0.136. The third-order valence-corrected chi connectivity index (χ3v) is 1.98. The third kappa shape index (κ3) is 4.45. The zero-order valence-electron chi connectivity index (χ0n) is 8.59. The molecule has 1 atom stereocenters. The van der Waals surface area contributed by atoms with Crippen LogP contribution in [0.3, 0.4) is 0 Å². The minimum absolute atomic E-state index is 0.0281. The molecule has 0 N–H and O–H groups in total. The number of rotatable bonds is 4. The highest BCUT2D eigenvalue weighted by molar-refractivity contribution is 5.87. The first kappa shape index (κ1) is 11.9. The zero-order chi connectivity index (χ0) is 10.4. The van der Waals surface area contributed by atoms with E-state index in [0.717, 1.165) is 0 Å². The van der Waals surface area contributed by atoms with E-state index in [2.05, 4.69) is 4.74 Å². The molecular weight excluding hydrogens is 168 g/mol. The van der Waals surface area contributed by atoms with Crippen molar-refractivity contribution in [2.24, 2.45) is 5.92 Å². The number of esters is 1. The van der Waals surface area contributed by atoms with Gasteiger partial charge in [-0.25, -0.2) is 4.79 Å². The number of allylic oxidation sites excluding steroid dienone is 1. The molecule has 0 aliphatic rings. The number of ketones is 1. The number of carbonyl (C=O) groups excluding carboxylic acids is 2. The first-order chi connectivity index (χ1) is 5.99. The molecule has 0 aliphatic heterocycles. The first-order valence-electron chi connectivity index (χ1n) is 4.24. The van der Waals surface area contributed by atoms with Crippen LogP contribution in [0.25, 0.3) is 0 Å². The molecule has 0 spiro atoms. The van der Waals surface area contributed by atoms with Crippen LogP contribution in [-0.4, -0.2) is 18.9 Å². The fraction of sp³-hybridized carbons (Fsp3) is 0.600. The Kier molecular flexibility index (Phi) is 5.04. The fourth-order valence-corrected chi connectivity index (χ4v) is 0.764. The van der Waals surface area contributed by atoms with Crippen molar-refractivity contribution in [3.63, 3.8) is 0 Å². The molecule has 1 unspecified atom stereocenters. The maximum atomic E-state index is 10.9. The summed E-state index contributed by atoms with van der Waals surface area (Å²) in [6.07, 6.45) is 2.33. The van der Waals surface area contributed by atoms with Crippen molar-refractivity contribution in [2.45, 2.75) is 27.2 Å². The lowest BCUT2D eigenvalue weighted by Crippen LogP contribution is -2.06. The van der Waals surface area contributed by atoms with Crippen molar-refractivity contribution in [1.29, 1.82) is 0 Å². The van der Waals surface area contributed by atoms with Gasteiger partial charge >= 0.3 is 5.97 Å². The van der Waals surface area contributed by atoms with Crippen LogP contribution < -0.4 is 0 Å². The molecule has 0 saturated carbocycles. The van der Waals surface area contributed by atoms with Crippen LogP contribution >= 0.6 is 0 Å². The Morgan fingerprint density at radius 1 is 1.38 bits per heavy atom. The summed E-state index contributed by atoms with van der Waals surface area (Å²) >= 11 is 0. The number of Topliss-reactive ketones (excluding diaryl/α,β-unsaturated/α-hetero) is 1. The molecule has 3 heteroatoms. The molecule has 0 radical (unpaired) electrons. The topological polar surface area (TPSA) is 43.4 Å². The highest BCUT2D eigenvalue weighted by atomic mass is 16.5. The van der Waals surface area contributed by atoms with Gasteiger partial charge in [0.25, 0.3) is 0 Å². The summed E-state index contributed by atoms with van der Waals surface area (Å²) < 4.78 is 4.51. The molecule has 0 aliphatic carbocycles. The Balaban J connectivity index is 4.11. The van der Waals surface area contributed by atoms with E-state index in [1.165, 1.54) is 7.11 Å². The Morgan fingerprint density at radius 2 is 1.92 bits per heavy atom. The number of hydrogen-bond acceptors (Lipinski definition) is 3. The second kappa shape index (κ2) is 5.51. The maximum Gasteiger partial charge on any atom is 0.333 e. The van der Waals surface area contributed by atoms with Crippen molar-refractivity contribution < 1.29 is 14.3 Å². The molecule has 13 heavy (non-hydrogen) atoms. The Bertz CT molecular complexity index is 228. The summed E-state index contributed by atoms with van der Waals surface area (Å²) in [5, 5.41) is 0. The van der Waals surface area contributed by atoms with E-state index >= 15 is 0 Å². The molecular formula is C10H16O3. The smallest absolute Gasteiger partial charge is 0.333 e. The van der Waals surface area contributed by atoms with Crippen LogP contribution in [-0.2, 0) is 14.3 Å². The van der Waals surface area contributed by atoms with E-state index in [9.17, 15) is 9.59 Å². The average Bonchev–Trinajstić information content (AvgIpc) is 2.11. The van der Waals surface area contributed by atoms with Gasteiger partial charge < -0.3 is 4.74 Å². The van der Waals surface area contributed by atoms with Crippen LogP contribution in [0, 0.1) is 5.92 Å². The van der Waals surface area contributed by atoms with Gasteiger partial charge in [0.2, 0.25) is 0 Å². The number of carbonyl (C=O) groups is 2. The molecule has 0 aromatic carbocycles. The summed E-state index contributed by atoms with van der Waals surface area (Å²) in [6, 6.07) is 0. The second-order valence-electron chi connectivity index (χ2n) is 3.13. The van der Waals surface area contributed by atoms with Gasteiger partial charge in [0.05, 0.1) is 7.11 Å². The normalized spacial score (nSPS) is 13.7. The summed E-state index contributed by atoms with van der Waals surface area (Å²) in [5.74, 6) is -0.232. The molecule has 0 fully saturated rings. The molecule has 0 rings (SSSR count). The second-order valence-corrected chi connectivity index (χ2v) is 3.13. The van der Waals surface area contributed by atoms with Crippen molar-refractivity contribution in [3.05, 3.63) is 11.6 Å². The molecule has 0 saturated heterocycles. The van der Waals surface area contributed by atoms with Crippen LogP contribution in [0.4, 0.5) is 0 Å². The maximum absolute atomic E-state index is 10.9. The molecule has 3 nitrogen and oxygen atoms in total. The largest absolute Gasteiger partial charge is 0.466 e. The minimum atomic E-state index is -0.337. The lowest BCUT2D eigenvalue weighted by atomic mass is 10.0. The number of methoxy groups -OCH3 is 1. The highest BCUT2D eigenvalue weighted by Gasteiger charge is 2.07. The number of hydrogen-bond donors (Lipinski definition) is 0. The van der Waals surface area contributed by atoms with Gasteiger partial charge in [0.15, 0.2) is 0 Å². The number of ether oxygens (including phenoxy) is 1. The minimum Gasteiger partial charge on any atom is -0.466 e. The SMILES string of the molecule is COC(=O)/C(C)=C\CC(C)C(C)=O. The van der Waals surface area contributed by atoms with E-state index in [0.29, 0.717) is 12.0 Å². The summed E-state index contributed by atoms with van der Waals surface area (Å²) in [6.45, 7) is 5.06. The van der Waals surface area contributed by atoms with Gasteiger partial charge in [-0.1, -0.05) is 13.0 Å². The van der Waals surface area contributed by atoms with Crippen LogP contribution in [0.1, 0.15) is 27.2 Å². The Morgan fingerprint density at radius 3 is 2.31 bits per heavy atom. The van der Waals surface area contributed by atoms with Gasteiger partial charge in [0, 0.05) is 11.5 Å². The predicted molar refractivity (Wildman–Crippen MR) is 50.2 cm³/mol. The molecule has 0 amide bonds. The quantitative estimate of drug-likeness (QED) is 0.493. The van der Waals surface area contributed by atoms with Gasteiger partial charge in [-0.15, -0.1) is 0 Å². The van der Waals surface area contributed by atoms with E-state index in [1.54, 1.807) is 19.9 Å². The van der Waals surface area contributed by atoms with Gasteiger partial charge in [-0.3, -0.25) is 4.79 Å². The van der Waals surface area contributed by atoms with Crippen molar-refractivity contribution in [3.8, 4) is 0 Å². The van der Waals surface area contributed by atoms with Crippen LogP contribution in [0.15, 0.2) is 11.6 Å². The predicted octanol–water partition coefficient (Wildman–Crippen LogP) is 1.72. The van der Waals surface area contributed by atoms with E-state index in [1.807, 2.05) is 6.92 Å². The molecule has 0 heterocycles. The summed E-state index contributed by atoms with van der Waals surface area (Å²) in [7, 11) is 1.34. The van der Waals surface area contributed by atoms with Crippen molar-refractivity contribution >= 4 is 11.8 Å². The molecule has 0 bridgehead atoms. The Labute approximate surface area is 78.8 Å². The van der Waals surface area contributed by atoms with Crippen molar-refractivity contribution in [1.82, 2.24) is 0 Å². The monoisotopic (exact) mass is 184 g/mol. The van der Waals surface area contributed by atoms with Gasteiger partial charge in [-0.2, -0.15) is 0 Å². The zero-order valence-corrected chi connectivity index (χ0v) is 8.59. The summed E-state index contributed by atoms with van der Waals surface area (Å²) in [5.41, 5.74) is 0.551. The van der Waals surface area contributed by atoms with E-state index < -0.39 is 0 Å². The van der Waals surface area contributed by atoms with Crippen molar-refractivity contribution in [2.75, 3.05) is 7.11 Å². The Hall–Kier alpha value is -1.12. The fourth-order valence-electron chi connectivity index (χ4n) is 0.764. The van der Waals surface area contributed by atoms with Crippen LogP contribution in [0.5, 0.6) is 0 Å². The van der Waals surface area contributed by atoms with E-state index in [-0.39, 0.29) is 17.7 Å². The lowest BCUT2D eigenvalue weighted by Gasteiger charge is -2.03. The first-order valence-corrected chi connectivity index (χ1v) is 4.24. The van der Waals surface area contributed by atoms with Gasteiger partial charge in [-0.05, 0) is 20.3 Å². The molecule has 74 valence electrons. The third-order valence-electron chi connectivity index (χ3n) is 1.98. The molecule has 0 aromatic rings. The van der Waals surface area contributed by atoms with Gasteiger partial charge in [0.1, 0.15) is 5.78 Å². The standard InChI is InChI=1S/C10H16O3/c1-7(9(3)11)5-6-8(2)10(12)13-4/h6-7H,5H2,1-4H3/b8-6-. The summed E-state index contributed by atoms with van der Waals surface area (Å²) in [4.78, 5) is 21.8.